The fraction of sp³-hybridized carbons (Fsp3) is 0.312. The average Bonchev–Trinajstić information content (AvgIpc) is 2.94. The molecule has 1 heterocycles. The lowest BCUT2D eigenvalue weighted by molar-refractivity contribution is -0.118. The molecule has 1 aromatic heterocycles. The van der Waals surface area contributed by atoms with Crippen molar-refractivity contribution in [2.24, 2.45) is 5.92 Å². The van der Waals surface area contributed by atoms with Gasteiger partial charge in [-0.05, 0) is 17.9 Å². The summed E-state index contributed by atoms with van der Waals surface area (Å²) in [6.45, 7) is 4.10. The lowest BCUT2D eigenvalue weighted by Gasteiger charge is -2.08. The number of nitrogens with zero attached hydrogens (tertiary/aromatic N) is 2. The first kappa shape index (κ1) is 15.2. The molecular formula is C16H17N3OS. The van der Waals surface area contributed by atoms with Crippen molar-refractivity contribution in [2.45, 2.75) is 26.2 Å². The van der Waals surface area contributed by atoms with Crippen molar-refractivity contribution >= 4 is 22.4 Å². The Hall–Kier alpha value is -2.19. The first-order chi connectivity index (χ1) is 10.1. The van der Waals surface area contributed by atoms with E-state index in [4.69, 9.17) is 0 Å². The van der Waals surface area contributed by atoms with Crippen molar-refractivity contribution in [1.82, 2.24) is 4.98 Å². The number of anilines is 1. The molecule has 0 bridgehead atoms. The number of nitriles is 1. The number of carbonyl (C=O) groups excluding carboxylic acids is 1. The molecule has 1 aromatic carbocycles. The van der Waals surface area contributed by atoms with E-state index in [1.807, 2.05) is 49.6 Å². The molecule has 1 N–H and O–H groups in total. The number of amides is 1. The van der Waals surface area contributed by atoms with Gasteiger partial charge in [0.15, 0.2) is 5.13 Å². The van der Waals surface area contributed by atoms with Gasteiger partial charge in [0.1, 0.15) is 5.92 Å². The summed E-state index contributed by atoms with van der Waals surface area (Å²) in [5, 5.41) is 14.4. The van der Waals surface area contributed by atoms with Gasteiger partial charge >= 0.3 is 0 Å². The van der Waals surface area contributed by atoms with Crippen molar-refractivity contribution in [3.63, 3.8) is 0 Å². The molecule has 0 saturated carbocycles. The van der Waals surface area contributed by atoms with Crippen LogP contribution in [-0.4, -0.2) is 10.9 Å². The zero-order chi connectivity index (χ0) is 15.2. The number of carbonyl (C=O) groups is 1. The Balaban J connectivity index is 2.01. The van der Waals surface area contributed by atoms with Crippen molar-refractivity contribution in [3.8, 4) is 6.07 Å². The zero-order valence-corrected chi connectivity index (χ0v) is 12.9. The summed E-state index contributed by atoms with van der Waals surface area (Å²) in [5.74, 6) is -0.687. The van der Waals surface area contributed by atoms with E-state index >= 15 is 0 Å². The van der Waals surface area contributed by atoms with Crippen molar-refractivity contribution < 1.29 is 4.79 Å². The number of thiazole rings is 1. The molecule has 2 rings (SSSR count). The van der Waals surface area contributed by atoms with E-state index in [0.717, 1.165) is 11.3 Å². The highest BCUT2D eigenvalue weighted by Crippen LogP contribution is 2.22. The maximum absolute atomic E-state index is 12.2. The Morgan fingerprint density at radius 3 is 2.67 bits per heavy atom. The maximum atomic E-state index is 12.2. The normalized spacial score (nSPS) is 11.9. The number of hydrogen-bond acceptors (Lipinski definition) is 4. The van der Waals surface area contributed by atoms with Crippen molar-refractivity contribution in [1.29, 1.82) is 5.26 Å². The van der Waals surface area contributed by atoms with Gasteiger partial charge in [0.2, 0.25) is 5.91 Å². The minimum Gasteiger partial charge on any atom is -0.301 e. The summed E-state index contributed by atoms with van der Waals surface area (Å²) in [7, 11) is 0. The van der Waals surface area contributed by atoms with E-state index in [1.165, 1.54) is 11.3 Å². The van der Waals surface area contributed by atoms with Gasteiger partial charge in [-0.2, -0.15) is 5.26 Å². The van der Waals surface area contributed by atoms with Crippen LogP contribution in [0.2, 0.25) is 0 Å². The third-order valence-corrected chi connectivity index (χ3v) is 3.87. The molecule has 108 valence electrons. The third-order valence-electron chi connectivity index (χ3n) is 3.10. The zero-order valence-electron chi connectivity index (χ0n) is 12.0. The molecule has 0 aliphatic carbocycles. The lowest BCUT2D eigenvalue weighted by Crippen LogP contribution is -2.23. The topological polar surface area (TPSA) is 65.8 Å². The van der Waals surface area contributed by atoms with Gasteiger partial charge in [0, 0.05) is 5.38 Å². The molecule has 0 radical (unpaired) electrons. The highest BCUT2D eigenvalue weighted by molar-refractivity contribution is 7.13. The molecular weight excluding hydrogens is 282 g/mol. The molecule has 1 atom stereocenters. The molecule has 0 aliphatic rings. The monoisotopic (exact) mass is 299 g/mol. The van der Waals surface area contributed by atoms with Crippen LogP contribution in [0.15, 0.2) is 35.7 Å². The highest BCUT2D eigenvalue weighted by Gasteiger charge is 2.19. The Labute approximate surface area is 128 Å². The molecule has 1 unspecified atom stereocenters. The first-order valence-corrected chi connectivity index (χ1v) is 7.68. The fourth-order valence-corrected chi connectivity index (χ4v) is 2.72. The predicted octanol–water partition coefficient (Wildman–Crippen LogP) is 3.59. The first-order valence-electron chi connectivity index (χ1n) is 6.80. The van der Waals surface area contributed by atoms with Crippen LogP contribution in [0.1, 0.15) is 31.0 Å². The lowest BCUT2D eigenvalue weighted by atomic mass is 10.00. The number of benzene rings is 1. The average molecular weight is 299 g/mol. The highest BCUT2D eigenvalue weighted by atomic mass is 32.1. The molecule has 1 amide bonds. The van der Waals surface area contributed by atoms with Gasteiger partial charge in [-0.1, -0.05) is 44.2 Å². The minimum atomic E-state index is -0.709. The SMILES string of the molecule is CC(C)c1csc(NC(=O)C(C#N)Cc2ccccc2)n1. The Bertz CT molecular complexity index is 643. The second-order valence-electron chi connectivity index (χ2n) is 5.09. The van der Waals surface area contributed by atoms with Crippen molar-refractivity contribution in [2.75, 3.05) is 5.32 Å². The number of hydrogen-bond donors (Lipinski definition) is 1. The number of rotatable bonds is 5. The van der Waals surface area contributed by atoms with Crippen LogP contribution in [0.4, 0.5) is 5.13 Å². The second kappa shape index (κ2) is 7.00. The maximum Gasteiger partial charge on any atom is 0.243 e. The summed E-state index contributed by atoms with van der Waals surface area (Å²) >= 11 is 1.39. The fourth-order valence-electron chi connectivity index (χ4n) is 1.85. The summed E-state index contributed by atoms with van der Waals surface area (Å²) in [4.78, 5) is 16.5. The van der Waals surface area contributed by atoms with Crippen LogP contribution >= 0.6 is 11.3 Å². The van der Waals surface area contributed by atoms with Gasteiger partial charge in [-0.15, -0.1) is 11.3 Å². The predicted molar refractivity (Wildman–Crippen MR) is 84.1 cm³/mol. The van der Waals surface area contributed by atoms with E-state index in [0.29, 0.717) is 17.5 Å². The van der Waals surface area contributed by atoms with Crippen LogP contribution in [0.3, 0.4) is 0 Å². The van der Waals surface area contributed by atoms with E-state index in [9.17, 15) is 10.1 Å². The second-order valence-corrected chi connectivity index (χ2v) is 5.95. The van der Waals surface area contributed by atoms with E-state index in [2.05, 4.69) is 16.4 Å². The van der Waals surface area contributed by atoms with E-state index in [-0.39, 0.29) is 5.91 Å². The molecule has 21 heavy (non-hydrogen) atoms. The number of aromatic nitrogens is 1. The smallest absolute Gasteiger partial charge is 0.243 e. The summed E-state index contributed by atoms with van der Waals surface area (Å²) in [6.07, 6.45) is 0.408. The molecule has 0 fully saturated rings. The van der Waals surface area contributed by atoms with Gasteiger partial charge in [-0.3, -0.25) is 4.79 Å². The van der Waals surface area contributed by atoms with E-state index in [1.54, 1.807) is 0 Å². The van der Waals surface area contributed by atoms with Crippen LogP contribution in [0.25, 0.3) is 0 Å². The van der Waals surface area contributed by atoms with Gasteiger partial charge in [-0.25, -0.2) is 4.98 Å². The van der Waals surface area contributed by atoms with Crippen LogP contribution in [0, 0.1) is 17.2 Å². The number of nitrogens with one attached hydrogen (secondary N) is 1. The van der Waals surface area contributed by atoms with Gasteiger partial charge in [0.05, 0.1) is 11.8 Å². The van der Waals surface area contributed by atoms with Gasteiger partial charge < -0.3 is 5.32 Å². The minimum absolute atomic E-state index is 0.300. The molecule has 0 spiro atoms. The molecule has 5 heteroatoms. The van der Waals surface area contributed by atoms with Crippen LogP contribution in [-0.2, 0) is 11.2 Å². The van der Waals surface area contributed by atoms with Crippen LogP contribution < -0.4 is 5.32 Å². The largest absolute Gasteiger partial charge is 0.301 e. The Morgan fingerprint density at radius 2 is 2.10 bits per heavy atom. The van der Waals surface area contributed by atoms with Gasteiger partial charge in [0.25, 0.3) is 0 Å². The summed E-state index contributed by atoms with van der Waals surface area (Å²) < 4.78 is 0. The van der Waals surface area contributed by atoms with E-state index < -0.39 is 5.92 Å². The molecule has 4 nitrogen and oxygen atoms in total. The molecule has 0 saturated heterocycles. The quantitative estimate of drug-likeness (QED) is 0.917. The standard InChI is InChI=1S/C16H17N3OS/c1-11(2)14-10-21-16(18-14)19-15(20)13(9-17)8-12-6-4-3-5-7-12/h3-7,10-11,13H,8H2,1-2H3,(H,18,19,20). The molecule has 0 aliphatic heterocycles. The summed E-state index contributed by atoms with van der Waals surface area (Å²) in [6, 6.07) is 11.6. The Morgan fingerprint density at radius 1 is 1.38 bits per heavy atom. The van der Waals surface area contributed by atoms with Crippen LogP contribution in [0.5, 0.6) is 0 Å². The van der Waals surface area contributed by atoms with Crippen molar-refractivity contribution in [3.05, 3.63) is 47.0 Å². The Kier molecular flexibility index (Phi) is 5.07. The summed E-state index contributed by atoms with van der Waals surface area (Å²) in [5.41, 5.74) is 1.92. The third kappa shape index (κ3) is 4.14. The molecule has 2 aromatic rings.